The summed E-state index contributed by atoms with van der Waals surface area (Å²) in [6.07, 6.45) is 9.77. The zero-order chi connectivity index (χ0) is 13.8. The summed E-state index contributed by atoms with van der Waals surface area (Å²) in [6, 6.07) is 1.36. The Labute approximate surface area is 120 Å². The van der Waals surface area contributed by atoms with Crippen molar-refractivity contribution in [1.82, 2.24) is 20.2 Å². The van der Waals surface area contributed by atoms with E-state index < -0.39 is 0 Å². The highest BCUT2D eigenvalue weighted by molar-refractivity contribution is 5.08. The summed E-state index contributed by atoms with van der Waals surface area (Å²) in [5.41, 5.74) is 0.965. The van der Waals surface area contributed by atoms with Crippen molar-refractivity contribution in [2.45, 2.75) is 50.7 Å². The van der Waals surface area contributed by atoms with Crippen LogP contribution in [-0.2, 0) is 6.54 Å². The average Bonchev–Trinajstić information content (AvgIpc) is 3.20. The predicted molar refractivity (Wildman–Crippen MR) is 77.7 cm³/mol. The molecule has 0 amide bonds. The van der Waals surface area contributed by atoms with Gasteiger partial charge in [0.2, 0.25) is 5.88 Å². The first-order valence-electron chi connectivity index (χ1n) is 7.68. The molecule has 0 spiro atoms. The van der Waals surface area contributed by atoms with Gasteiger partial charge in [0.25, 0.3) is 0 Å². The number of nitrogens with zero attached hydrogens (tertiary/aromatic N) is 3. The first kappa shape index (κ1) is 13.8. The Balaban J connectivity index is 1.43. The van der Waals surface area contributed by atoms with Gasteiger partial charge < -0.3 is 15.0 Å². The Morgan fingerprint density at radius 1 is 1.35 bits per heavy atom. The number of likely N-dealkylation sites (tertiary alicyclic amines) is 1. The van der Waals surface area contributed by atoms with Crippen LogP contribution >= 0.6 is 0 Å². The van der Waals surface area contributed by atoms with Gasteiger partial charge in [-0.05, 0) is 45.7 Å². The van der Waals surface area contributed by atoms with Crippen LogP contribution < -0.4 is 10.1 Å². The van der Waals surface area contributed by atoms with E-state index in [1.165, 1.54) is 32.2 Å². The van der Waals surface area contributed by atoms with Crippen LogP contribution in [0, 0.1) is 0 Å². The molecule has 20 heavy (non-hydrogen) atoms. The number of rotatable bonds is 7. The van der Waals surface area contributed by atoms with Crippen LogP contribution in [0.2, 0.25) is 0 Å². The van der Waals surface area contributed by atoms with E-state index in [9.17, 15) is 0 Å². The van der Waals surface area contributed by atoms with Gasteiger partial charge in [-0.25, -0.2) is 4.98 Å². The Morgan fingerprint density at radius 3 is 3.00 bits per heavy atom. The van der Waals surface area contributed by atoms with Gasteiger partial charge in [0.1, 0.15) is 0 Å². The molecule has 1 aromatic rings. The highest BCUT2D eigenvalue weighted by Crippen LogP contribution is 2.19. The van der Waals surface area contributed by atoms with Gasteiger partial charge in [0, 0.05) is 24.8 Å². The molecule has 0 bridgehead atoms. The maximum atomic E-state index is 5.75. The Kier molecular flexibility index (Phi) is 4.47. The summed E-state index contributed by atoms with van der Waals surface area (Å²) < 4.78 is 5.75. The van der Waals surface area contributed by atoms with E-state index in [0.29, 0.717) is 18.0 Å². The molecule has 5 heteroatoms. The molecule has 2 fully saturated rings. The molecular weight excluding hydrogens is 252 g/mol. The van der Waals surface area contributed by atoms with Crippen molar-refractivity contribution >= 4 is 0 Å². The maximum Gasteiger partial charge on any atom is 0.232 e. The normalized spacial score (nSPS) is 23.1. The zero-order valence-electron chi connectivity index (χ0n) is 12.2. The van der Waals surface area contributed by atoms with E-state index in [4.69, 9.17) is 4.74 Å². The number of hydrogen-bond acceptors (Lipinski definition) is 5. The first-order valence-corrected chi connectivity index (χ1v) is 7.68. The van der Waals surface area contributed by atoms with E-state index in [2.05, 4.69) is 27.2 Å². The second-order valence-corrected chi connectivity index (χ2v) is 5.92. The number of nitrogens with one attached hydrogen (secondary N) is 1. The summed E-state index contributed by atoms with van der Waals surface area (Å²) in [5.74, 6) is 0.653. The third kappa shape index (κ3) is 3.90. The fourth-order valence-corrected chi connectivity index (χ4v) is 2.72. The Bertz CT molecular complexity index is 436. The molecule has 1 aliphatic carbocycles. The van der Waals surface area contributed by atoms with Crippen LogP contribution in [0.4, 0.5) is 0 Å². The minimum atomic E-state index is 0.653. The molecule has 1 saturated heterocycles. The maximum absolute atomic E-state index is 5.75. The lowest BCUT2D eigenvalue weighted by Gasteiger charge is -2.19. The highest BCUT2D eigenvalue weighted by atomic mass is 16.5. The van der Waals surface area contributed by atoms with Gasteiger partial charge in [0.15, 0.2) is 0 Å². The topological polar surface area (TPSA) is 50.3 Å². The van der Waals surface area contributed by atoms with E-state index >= 15 is 0 Å². The fourth-order valence-electron chi connectivity index (χ4n) is 2.72. The zero-order valence-corrected chi connectivity index (χ0v) is 12.2. The number of aromatic nitrogens is 2. The molecule has 5 nitrogen and oxygen atoms in total. The van der Waals surface area contributed by atoms with Gasteiger partial charge in [-0.15, -0.1) is 0 Å². The van der Waals surface area contributed by atoms with Crippen molar-refractivity contribution in [3.05, 3.63) is 18.1 Å². The lowest BCUT2D eigenvalue weighted by atomic mass is 10.1. The highest BCUT2D eigenvalue weighted by Gasteiger charge is 2.21. The standard InChI is InChI=1S/C15H24N4O/c1-19-7-2-3-14(19)6-8-20-15-11-16-9-13(18-15)10-17-12-4-5-12/h9,11-12,14,17H,2-8,10H2,1H3. The lowest BCUT2D eigenvalue weighted by Crippen LogP contribution is -2.26. The van der Waals surface area contributed by atoms with Crippen LogP contribution in [0.15, 0.2) is 12.4 Å². The van der Waals surface area contributed by atoms with Gasteiger partial charge in [-0.1, -0.05) is 0 Å². The number of ether oxygens (including phenoxy) is 1. The van der Waals surface area contributed by atoms with Crippen LogP contribution in [0.1, 0.15) is 37.8 Å². The fraction of sp³-hybridized carbons (Fsp3) is 0.733. The first-order chi connectivity index (χ1) is 9.81. The largest absolute Gasteiger partial charge is 0.477 e. The van der Waals surface area contributed by atoms with Crippen LogP contribution in [0.3, 0.4) is 0 Å². The SMILES string of the molecule is CN1CCCC1CCOc1cncc(CNC2CC2)n1. The van der Waals surface area contributed by atoms with E-state index in [-0.39, 0.29) is 0 Å². The third-order valence-electron chi connectivity index (χ3n) is 4.18. The van der Waals surface area contributed by atoms with Crippen molar-refractivity contribution in [1.29, 1.82) is 0 Å². The summed E-state index contributed by atoms with van der Waals surface area (Å²) in [5, 5.41) is 3.44. The summed E-state index contributed by atoms with van der Waals surface area (Å²) in [4.78, 5) is 11.1. The smallest absolute Gasteiger partial charge is 0.232 e. The molecule has 2 aliphatic rings. The lowest BCUT2D eigenvalue weighted by molar-refractivity contribution is 0.227. The van der Waals surface area contributed by atoms with Crippen molar-refractivity contribution in [3.8, 4) is 5.88 Å². The molecule has 1 saturated carbocycles. The average molecular weight is 276 g/mol. The second kappa shape index (κ2) is 6.50. The molecule has 3 rings (SSSR count). The molecule has 1 aromatic heterocycles. The van der Waals surface area contributed by atoms with Gasteiger partial charge >= 0.3 is 0 Å². The molecule has 0 aromatic carbocycles. The minimum absolute atomic E-state index is 0.653. The van der Waals surface area contributed by atoms with Crippen molar-refractivity contribution in [3.63, 3.8) is 0 Å². The molecule has 1 aliphatic heterocycles. The Hall–Kier alpha value is -1.20. The van der Waals surface area contributed by atoms with E-state index in [1.807, 2.05) is 6.20 Å². The van der Waals surface area contributed by atoms with Crippen molar-refractivity contribution < 1.29 is 4.74 Å². The molecule has 2 heterocycles. The monoisotopic (exact) mass is 276 g/mol. The van der Waals surface area contributed by atoms with Crippen molar-refractivity contribution in [2.75, 3.05) is 20.2 Å². The second-order valence-electron chi connectivity index (χ2n) is 5.92. The predicted octanol–water partition coefficient (Wildman–Crippen LogP) is 1.59. The molecular formula is C15H24N4O. The summed E-state index contributed by atoms with van der Waals surface area (Å²) in [6.45, 7) is 2.73. The third-order valence-corrected chi connectivity index (χ3v) is 4.18. The molecule has 0 radical (unpaired) electrons. The molecule has 1 N–H and O–H groups in total. The van der Waals surface area contributed by atoms with Gasteiger partial charge in [-0.3, -0.25) is 4.98 Å². The van der Waals surface area contributed by atoms with E-state index in [0.717, 1.165) is 25.3 Å². The van der Waals surface area contributed by atoms with Crippen molar-refractivity contribution in [2.24, 2.45) is 0 Å². The van der Waals surface area contributed by atoms with Crippen LogP contribution in [0.5, 0.6) is 5.88 Å². The molecule has 1 atom stereocenters. The Morgan fingerprint density at radius 2 is 2.25 bits per heavy atom. The van der Waals surface area contributed by atoms with Gasteiger partial charge in [-0.2, -0.15) is 0 Å². The molecule has 110 valence electrons. The number of hydrogen-bond donors (Lipinski definition) is 1. The summed E-state index contributed by atoms with van der Waals surface area (Å²) in [7, 11) is 2.20. The van der Waals surface area contributed by atoms with Crippen LogP contribution in [-0.4, -0.2) is 47.2 Å². The van der Waals surface area contributed by atoms with E-state index in [1.54, 1.807) is 6.20 Å². The molecule has 1 unspecified atom stereocenters. The van der Waals surface area contributed by atoms with Gasteiger partial charge in [0.05, 0.1) is 18.5 Å². The van der Waals surface area contributed by atoms with Crippen LogP contribution in [0.25, 0.3) is 0 Å². The quantitative estimate of drug-likeness (QED) is 0.819. The minimum Gasteiger partial charge on any atom is -0.477 e. The summed E-state index contributed by atoms with van der Waals surface area (Å²) >= 11 is 0.